The fourth-order valence-electron chi connectivity index (χ4n) is 2.55. The van der Waals surface area contributed by atoms with Gasteiger partial charge < -0.3 is 5.11 Å². The van der Waals surface area contributed by atoms with Crippen LogP contribution in [-0.2, 0) is 0 Å². The molecule has 0 aliphatic heterocycles. The average molecular weight is 365 g/mol. The van der Waals surface area contributed by atoms with Gasteiger partial charge in [0.25, 0.3) is 0 Å². The molecule has 0 bridgehead atoms. The number of hydrazone groups is 1. The van der Waals surface area contributed by atoms with Crippen LogP contribution < -0.4 is 5.43 Å². The standard InChI is InChI=1S/C21H17ClN2O2/c1-14-9-11-15(12-10-14)20(18-7-2-3-8-19(18)21(25)26)24-23-17-6-4-5-16(22)13-17/h2-13,23H,1H3,(H,25,26)/b24-20+. The molecule has 3 rings (SSSR count). The molecular formula is C21H17ClN2O2. The smallest absolute Gasteiger partial charge is 0.336 e. The third-order valence-electron chi connectivity index (χ3n) is 3.86. The Labute approximate surface area is 156 Å². The molecule has 0 amide bonds. The van der Waals surface area contributed by atoms with E-state index in [1.165, 1.54) is 0 Å². The number of carbonyl (C=O) groups is 1. The van der Waals surface area contributed by atoms with Gasteiger partial charge in [-0.3, -0.25) is 5.43 Å². The summed E-state index contributed by atoms with van der Waals surface area (Å²) < 4.78 is 0. The summed E-state index contributed by atoms with van der Waals surface area (Å²) in [4.78, 5) is 11.6. The van der Waals surface area contributed by atoms with E-state index >= 15 is 0 Å². The molecule has 2 N–H and O–H groups in total. The maximum atomic E-state index is 11.6. The van der Waals surface area contributed by atoms with E-state index < -0.39 is 5.97 Å². The molecule has 0 saturated heterocycles. The minimum absolute atomic E-state index is 0.194. The van der Waals surface area contributed by atoms with Crippen LogP contribution in [0.5, 0.6) is 0 Å². The number of halogens is 1. The largest absolute Gasteiger partial charge is 0.478 e. The van der Waals surface area contributed by atoms with Crippen molar-refractivity contribution < 1.29 is 9.90 Å². The number of anilines is 1. The SMILES string of the molecule is Cc1ccc(/C(=N\Nc2cccc(Cl)c2)c2ccccc2C(=O)O)cc1. The molecule has 5 heteroatoms. The number of benzene rings is 3. The van der Waals surface area contributed by atoms with Crippen LogP contribution in [-0.4, -0.2) is 16.8 Å². The predicted octanol–water partition coefficient (Wildman–Crippen LogP) is 5.21. The lowest BCUT2D eigenvalue weighted by atomic mass is 9.97. The van der Waals surface area contributed by atoms with Crippen LogP contribution in [0.2, 0.25) is 5.02 Å². The first-order valence-corrected chi connectivity index (χ1v) is 8.41. The van der Waals surface area contributed by atoms with Crippen molar-refractivity contribution in [3.05, 3.63) is 100 Å². The molecule has 0 unspecified atom stereocenters. The van der Waals surface area contributed by atoms with E-state index in [9.17, 15) is 9.90 Å². The first kappa shape index (κ1) is 17.7. The van der Waals surface area contributed by atoms with Gasteiger partial charge in [-0.2, -0.15) is 5.10 Å². The number of carboxylic acids is 1. The Balaban J connectivity index is 2.09. The van der Waals surface area contributed by atoms with E-state index in [2.05, 4.69) is 10.5 Å². The lowest BCUT2D eigenvalue weighted by Crippen LogP contribution is -2.12. The van der Waals surface area contributed by atoms with Crippen molar-refractivity contribution in [1.82, 2.24) is 0 Å². The zero-order chi connectivity index (χ0) is 18.5. The highest BCUT2D eigenvalue weighted by molar-refractivity contribution is 6.30. The van der Waals surface area contributed by atoms with Crippen LogP contribution in [0.4, 0.5) is 5.69 Å². The van der Waals surface area contributed by atoms with Crippen LogP contribution in [0.3, 0.4) is 0 Å². The van der Waals surface area contributed by atoms with Gasteiger partial charge in [-0.1, -0.05) is 65.7 Å². The van der Waals surface area contributed by atoms with Gasteiger partial charge in [0, 0.05) is 16.1 Å². The average Bonchev–Trinajstić information content (AvgIpc) is 2.63. The van der Waals surface area contributed by atoms with Gasteiger partial charge in [-0.25, -0.2) is 4.79 Å². The Kier molecular flexibility index (Phi) is 5.34. The highest BCUT2D eigenvalue weighted by atomic mass is 35.5. The molecule has 26 heavy (non-hydrogen) atoms. The van der Waals surface area contributed by atoms with E-state index in [1.807, 2.05) is 43.3 Å². The summed E-state index contributed by atoms with van der Waals surface area (Å²) >= 11 is 6.01. The maximum absolute atomic E-state index is 11.6. The van der Waals surface area contributed by atoms with Crippen molar-refractivity contribution in [2.24, 2.45) is 5.10 Å². The topological polar surface area (TPSA) is 61.7 Å². The number of aryl methyl sites for hydroxylation is 1. The Morgan fingerprint density at radius 2 is 1.65 bits per heavy atom. The van der Waals surface area contributed by atoms with Crippen LogP contribution in [0.25, 0.3) is 0 Å². The van der Waals surface area contributed by atoms with Gasteiger partial charge in [0.1, 0.15) is 0 Å². The number of hydrogen-bond acceptors (Lipinski definition) is 3. The van der Waals surface area contributed by atoms with Crippen LogP contribution >= 0.6 is 11.6 Å². The fourth-order valence-corrected chi connectivity index (χ4v) is 2.74. The minimum Gasteiger partial charge on any atom is -0.478 e. The van der Waals surface area contributed by atoms with Crippen molar-refractivity contribution in [2.75, 3.05) is 5.43 Å². The molecule has 3 aromatic carbocycles. The zero-order valence-corrected chi connectivity index (χ0v) is 14.9. The highest BCUT2D eigenvalue weighted by Gasteiger charge is 2.16. The molecule has 0 saturated carbocycles. The van der Waals surface area contributed by atoms with Gasteiger partial charge in [-0.05, 0) is 31.2 Å². The summed E-state index contributed by atoms with van der Waals surface area (Å²) in [7, 11) is 0. The van der Waals surface area contributed by atoms with Crippen LogP contribution in [0, 0.1) is 6.92 Å². The molecule has 0 fully saturated rings. The molecule has 3 aromatic rings. The number of aromatic carboxylic acids is 1. The first-order chi connectivity index (χ1) is 12.5. The summed E-state index contributed by atoms with van der Waals surface area (Å²) in [6.45, 7) is 2.00. The van der Waals surface area contributed by atoms with Gasteiger partial charge in [0.2, 0.25) is 0 Å². The van der Waals surface area contributed by atoms with Crippen molar-refractivity contribution in [1.29, 1.82) is 0 Å². The normalized spacial score (nSPS) is 11.2. The maximum Gasteiger partial charge on any atom is 0.336 e. The number of hydrogen-bond donors (Lipinski definition) is 2. The molecule has 0 spiro atoms. The zero-order valence-electron chi connectivity index (χ0n) is 14.1. The third-order valence-corrected chi connectivity index (χ3v) is 4.09. The monoisotopic (exact) mass is 364 g/mol. The second kappa shape index (κ2) is 7.85. The Bertz CT molecular complexity index is 966. The van der Waals surface area contributed by atoms with E-state index in [-0.39, 0.29) is 5.56 Å². The van der Waals surface area contributed by atoms with Crippen molar-refractivity contribution in [2.45, 2.75) is 6.92 Å². The lowest BCUT2D eigenvalue weighted by molar-refractivity contribution is 0.0696. The predicted molar refractivity (Wildman–Crippen MR) is 105 cm³/mol. The van der Waals surface area contributed by atoms with E-state index in [0.29, 0.717) is 16.3 Å². The second-order valence-electron chi connectivity index (χ2n) is 5.80. The molecular weight excluding hydrogens is 348 g/mol. The van der Waals surface area contributed by atoms with E-state index in [0.717, 1.165) is 16.8 Å². The van der Waals surface area contributed by atoms with Crippen LogP contribution in [0.15, 0.2) is 77.9 Å². The highest BCUT2D eigenvalue weighted by Crippen LogP contribution is 2.19. The fraction of sp³-hybridized carbons (Fsp3) is 0.0476. The number of carboxylic acid groups (broad SMARTS) is 1. The van der Waals surface area contributed by atoms with Gasteiger partial charge in [-0.15, -0.1) is 0 Å². The van der Waals surface area contributed by atoms with Gasteiger partial charge in [0.15, 0.2) is 0 Å². The molecule has 0 heterocycles. The lowest BCUT2D eigenvalue weighted by Gasteiger charge is -2.11. The second-order valence-corrected chi connectivity index (χ2v) is 6.24. The summed E-state index contributed by atoms with van der Waals surface area (Å²) in [6.07, 6.45) is 0. The molecule has 0 radical (unpaired) electrons. The summed E-state index contributed by atoms with van der Waals surface area (Å²) in [5, 5.41) is 14.6. The molecule has 130 valence electrons. The molecule has 0 aliphatic carbocycles. The molecule has 0 atom stereocenters. The van der Waals surface area contributed by atoms with Gasteiger partial charge in [0.05, 0.1) is 17.0 Å². The van der Waals surface area contributed by atoms with Crippen molar-refractivity contribution in [3.63, 3.8) is 0 Å². The number of rotatable bonds is 5. The molecule has 4 nitrogen and oxygen atoms in total. The van der Waals surface area contributed by atoms with Gasteiger partial charge >= 0.3 is 5.97 Å². The van der Waals surface area contributed by atoms with E-state index in [4.69, 9.17) is 11.6 Å². The molecule has 0 aromatic heterocycles. The Hall–Kier alpha value is -3.11. The van der Waals surface area contributed by atoms with Crippen LogP contribution in [0.1, 0.15) is 27.0 Å². The number of nitrogens with zero attached hydrogens (tertiary/aromatic N) is 1. The Morgan fingerprint density at radius 1 is 0.962 bits per heavy atom. The Morgan fingerprint density at radius 3 is 2.31 bits per heavy atom. The minimum atomic E-state index is -0.997. The summed E-state index contributed by atoms with van der Waals surface area (Å²) in [5.74, 6) is -0.997. The third kappa shape index (κ3) is 4.10. The quantitative estimate of drug-likeness (QED) is 0.482. The summed E-state index contributed by atoms with van der Waals surface area (Å²) in [5.41, 5.74) is 6.90. The first-order valence-electron chi connectivity index (χ1n) is 8.03. The molecule has 0 aliphatic rings. The summed E-state index contributed by atoms with van der Waals surface area (Å²) in [6, 6.07) is 21.8. The van der Waals surface area contributed by atoms with Crippen molar-refractivity contribution in [3.8, 4) is 0 Å². The van der Waals surface area contributed by atoms with E-state index in [1.54, 1.807) is 36.4 Å². The van der Waals surface area contributed by atoms with Crippen molar-refractivity contribution >= 4 is 29.0 Å². The number of nitrogens with one attached hydrogen (secondary N) is 1.